The number of hydrogen-bond acceptors (Lipinski definition) is 2. The molecule has 0 aliphatic rings. The zero-order chi connectivity index (χ0) is 15.1. The van der Waals surface area contributed by atoms with Gasteiger partial charge in [-0.15, -0.1) is 0 Å². The first-order valence-corrected chi connectivity index (χ1v) is 8.09. The fourth-order valence-corrected chi connectivity index (χ4v) is 2.51. The average Bonchev–Trinajstić information content (AvgIpc) is 2.37. The quantitative estimate of drug-likeness (QED) is 0.699. The van der Waals surface area contributed by atoms with Crippen LogP contribution in [0.4, 0.5) is 5.69 Å². The van der Waals surface area contributed by atoms with Gasteiger partial charge < -0.3 is 10.2 Å². The monoisotopic (exact) mass is 296 g/mol. The Hall–Kier alpha value is -0.730. The van der Waals surface area contributed by atoms with E-state index >= 15 is 0 Å². The van der Waals surface area contributed by atoms with Crippen molar-refractivity contribution < 1.29 is 0 Å². The van der Waals surface area contributed by atoms with Gasteiger partial charge in [0, 0.05) is 29.8 Å². The summed E-state index contributed by atoms with van der Waals surface area (Å²) in [6, 6.07) is 6.93. The van der Waals surface area contributed by atoms with Gasteiger partial charge in [0.25, 0.3) is 0 Å². The van der Waals surface area contributed by atoms with E-state index in [2.05, 4.69) is 63.0 Å². The molecule has 0 aromatic heterocycles. The van der Waals surface area contributed by atoms with Crippen molar-refractivity contribution in [3.05, 3.63) is 28.8 Å². The van der Waals surface area contributed by atoms with Crippen LogP contribution in [0.15, 0.2) is 18.2 Å². The van der Waals surface area contributed by atoms with E-state index in [1.54, 1.807) is 0 Å². The molecule has 0 unspecified atom stereocenters. The second-order valence-electron chi connectivity index (χ2n) is 6.09. The topological polar surface area (TPSA) is 15.3 Å². The Morgan fingerprint density at radius 3 is 2.40 bits per heavy atom. The van der Waals surface area contributed by atoms with Crippen LogP contribution in [-0.2, 0) is 6.54 Å². The van der Waals surface area contributed by atoms with E-state index in [1.807, 2.05) is 0 Å². The summed E-state index contributed by atoms with van der Waals surface area (Å²) < 4.78 is 0. The Labute approximate surface area is 129 Å². The first-order chi connectivity index (χ1) is 9.45. The summed E-state index contributed by atoms with van der Waals surface area (Å²) in [5.74, 6) is 0.641. The molecule has 0 saturated heterocycles. The highest BCUT2D eigenvalue weighted by Crippen LogP contribution is 2.26. The minimum atomic E-state index is 0.484. The highest BCUT2D eigenvalue weighted by Gasteiger charge is 2.13. The number of hydrogen-bond donors (Lipinski definition) is 1. The van der Waals surface area contributed by atoms with E-state index in [-0.39, 0.29) is 0 Å². The van der Waals surface area contributed by atoms with E-state index in [1.165, 1.54) is 11.3 Å². The predicted octanol–water partition coefficient (Wildman–Crippen LogP) is 4.71. The van der Waals surface area contributed by atoms with Gasteiger partial charge in [0.2, 0.25) is 0 Å². The lowest BCUT2D eigenvalue weighted by molar-refractivity contribution is 0.571. The number of nitrogens with one attached hydrogen (secondary N) is 1. The highest BCUT2D eigenvalue weighted by atomic mass is 35.5. The Balaban J connectivity index is 2.82. The molecular weight excluding hydrogens is 268 g/mol. The molecule has 0 heterocycles. The molecule has 0 saturated carbocycles. The molecule has 3 heteroatoms. The van der Waals surface area contributed by atoms with Gasteiger partial charge in [-0.25, -0.2) is 0 Å². The Morgan fingerprint density at radius 2 is 1.90 bits per heavy atom. The molecule has 0 bridgehead atoms. The summed E-state index contributed by atoms with van der Waals surface area (Å²) in [5, 5.41) is 4.26. The maximum Gasteiger partial charge on any atom is 0.0471 e. The van der Waals surface area contributed by atoms with Crippen molar-refractivity contribution in [3.8, 4) is 0 Å². The van der Waals surface area contributed by atoms with E-state index in [9.17, 15) is 0 Å². The minimum absolute atomic E-state index is 0.484. The summed E-state index contributed by atoms with van der Waals surface area (Å²) in [7, 11) is 0. The van der Waals surface area contributed by atoms with Crippen LogP contribution in [0, 0.1) is 5.92 Å². The van der Waals surface area contributed by atoms with Crippen molar-refractivity contribution in [1.82, 2.24) is 5.32 Å². The number of halogens is 1. The van der Waals surface area contributed by atoms with Gasteiger partial charge in [-0.3, -0.25) is 0 Å². The lowest BCUT2D eigenvalue weighted by Crippen LogP contribution is -2.34. The predicted molar refractivity (Wildman–Crippen MR) is 90.8 cm³/mol. The lowest BCUT2D eigenvalue weighted by Gasteiger charge is -2.31. The number of rotatable bonds is 8. The molecule has 0 atom stereocenters. The smallest absolute Gasteiger partial charge is 0.0471 e. The zero-order valence-electron chi connectivity index (χ0n) is 13.5. The average molecular weight is 297 g/mol. The van der Waals surface area contributed by atoms with Gasteiger partial charge >= 0.3 is 0 Å². The summed E-state index contributed by atoms with van der Waals surface area (Å²) in [6.07, 6.45) is 1.14. The fourth-order valence-electron chi connectivity index (χ4n) is 2.27. The minimum Gasteiger partial charge on any atom is -0.369 e. The first-order valence-electron chi connectivity index (χ1n) is 7.71. The molecule has 20 heavy (non-hydrogen) atoms. The third-order valence-electron chi connectivity index (χ3n) is 3.30. The fraction of sp³-hybridized carbons (Fsp3) is 0.647. The summed E-state index contributed by atoms with van der Waals surface area (Å²) in [4.78, 5) is 2.42. The first kappa shape index (κ1) is 17.3. The molecule has 1 aromatic carbocycles. The van der Waals surface area contributed by atoms with E-state index in [4.69, 9.17) is 11.6 Å². The SMILES string of the molecule is CCCNCc1ccc(N(CC(C)C)C(C)C)cc1Cl. The van der Waals surface area contributed by atoms with Gasteiger partial charge in [0.05, 0.1) is 0 Å². The molecule has 114 valence electrons. The molecule has 1 aromatic rings. The van der Waals surface area contributed by atoms with Crippen LogP contribution >= 0.6 is 11.6 Å². The summed E-state index contributed by atoms with van der Waals surface area (Å²) in [6.45, 7) is 14.1. The van der Waals surface area contributed by atoms with Gasteiger partial charge in [0.15, 0.2) is 0 Å². The molecule has 0 radical (unpaired) electrons. The van der Waals surface area contributed by atoms with Gasteiger partial charge in [-0.2, -0.15) is 0 Å². The van der Waals surface area contributed by atoms with Crippen LogP contribution < -0.4 is 10.2 Å². The highest BCUT2D eigenvalue weighted by molar-refractivity contribution is 6.31. The van der Waals surface area contributed by atoms with Crippen LogP contribution in [0.25, 0.3) is 0 Å². The normalized spacial score (nSPS) is 11.4. The Bertz CT molecular complexity index is 402. The Kier molecular flexibility index (Phi) is 7.39. The molecule has 1 N–H and O–H groups in total. The number of anilines is 1. The number of benzene rings is 1. The van der Waals surface area contributed by atoms with E-state index in [0.717, 1.165) is 31.1 Å². The standard InChI is InChI=1S/C17H29ClN2/c1-6-9-19-11-15-7-8-16(10-17(15)18)20(14(4)5)12-13(2)3/h7-8,10,13-14,19H,6,9,11-12H2,1-5H3. The van der Waals surface area contributed by atoms with Gasteiger partial charge in [-0.05, 0) is 50.4 Å². The van der Waals surface area contributed by atoms with E-state index in [0.29, 0.717) is 12.0 Å². The van der Waals surface area contributed by atoms with E-state index < -0.39 is 0 Å². The molecule has 0 spiro atoms. The van der Waals surface area contributed by atoms with Crippen LogP contribution in [-0.4, -0.2) is 19.1 Å². The van der Waals surface area contributed by atoms with Gasteiger partial charge in [0.1, 0.15) is 0 Å². The van der Waals surface area contributed by atoms with Crippen LogP contribution in [0.1, 0.15) is 46.6 Å². The van der Waals surface area contributed by atoms with Crippen molar-refractivity contribution in [2.45, 2.75) is 53.6 Å². The third-order valence-corrected chi connectivity index (χ3v) is 3.65. The van der Waals surface area contributed by atoms with Crippen LogP contribution in [0.5, 0.6) is 0 Å². The second-order valence-corrected chi connectivity index (χ2v) is 6.50. The summed E-state index contributed by atoms with van der Waals surface area (Å²) in [5.41, 5.74) is 2.40. The lowest BCUT2D eigenvalue weighted by atomic mass is 10.1. The Morgan fingerprint density at radius 1 is 1.20 bits per heavy atom. The summed E-state index contributed by atoms with van der Waals surface area (Å²) >= 11 is 6.43. The maximum atomic E-state index is 6.43. The zero-order valence-corrected chi connectivity index (χ0v) is 14.3. The van der Waals surface area contributed by atoms with Gasteiger partial charge in [-0.1, -0.05) is 38.4 Å². The second kappa shape index (κ2) is 8.53. The van der Waals surface area contributed by atoms with Crippen molar-refractivity contribution in [1.29, 1.82) is 0 Å². The molecule has 1 rings (SSSR count). The van der Waals surface area contributed by atoms with Crippen molar-refractivity contribution in [2.24, 2.45) is 5.92 Å². The van der Waals surface area contributed by atoms with Crippen molar-refractivity contribution >= 4 is 17.3 Å². The number of nitrogens with zero attached hydrogens (tertiary/aromatic N) is 1. The van der Waals surface area contributed by atoms with Crippen LogP contribution in [0.3, 0.4) is 0 Å². The molecular formula is C17H29ClN2. The molecule has 0 aliphatic carbocycles. The molecule has 0 fully saturated rings. The van der Waals surface area contributed by atoms with Crippen molar-refractivity contribution in [2.75, 3.05) is 18.0 Å². The third kappa shape index (κ3) is 5.34. The van der Waals surface area contributed by atoms with Crippen molar-refractivity contribution in [3.63, 3.8) is 0 Å². The maximum absolute atomic E-state index is 6.43. The molecule has 2 nitrogen and oxygen atoms in total. The van der Waals surface area contributed by atoms with Crippen LogP contribution in [0.2, 0.25) is 5.02 Å². The largest absolute Gasteiger partial charge is 0.369 e. The molecule has 0 amide bonds. The molecule has 0 aliphatic heterocycles.